The zero-order valence-corrected chi connectivity index (χ0v) is 17.5. The first-order chi connectivity index (χ1) is 15.0. The number of hydrogen-bond acceptors (Lipinski definition) is 5. The third-order valence-electron chi connectivity index (χ3n) is 5.67. The molecule has 1 amide bonds. The van der Waals surface area contributed by atoms with Gasteiger partial charge in [-0.3, -0.25) is 4.79 Å². The van der Waals surface area contributed by atoms with Crippen LogP contribution in [0.1, 0.15) is 34.8 Å². The normalized spacial score (nSPS) is 12.4. The van der Waals surface area contributed by atoms with Gasteiger partial charge < -0.3 is 13.8 Å². The topological polar surface area (TPSA) is 72.4 Å². The van der Waals surface area contributed by atoms with Crippen LogP contribution in [0.4, 0.5) is 0 Å². The molecule has 0 unspecified atom stereocenters. The number of aromatic nitrogens is 2. The van der Waals surface area contributed by atoms with E-state index in [2.05, 4.69) is 10.1 Å². The van der Waals surface area contributed by atoms with Crippen molar-refractivity contribution in [3.05, 3.63) is 83.7 Å². The van der Waals surface area contributed by atoms with Crippen LogP contribution in [-0.2, 0) is 0 Å². The van der Waals surface area contributed by atoms with E-state index in [0.29, 0.717) is 28.1 Å². The lowest BCUT2D eigenvalue weighted by Crippen LogP contribution is -2.29. The number of amides is 1. The third kappa shape index (κ3) is 3.26. The molecule has 31 heavy (non-hydrogen) atoms. The van der Waals surface area contributed by atoms with Crippen molar-refractivity contribution in [1.82, 2.24) is 15.0 Å². The Morgan fingerprint density at radius 3 is 2.55 bits per heavy atom. The maximum Gasteiger partial charge on any atom is 0.259 e. The second-order valence-corrected chi connectivity index (χ2v) is 7.65. The Hall–Kier alpha value is -3.93. The van der Waals surface area contributed by atoms with Gasteiger partial charge in [0.2, 0.25) is 0 Å². The van der Waals surface area contributed by atoms with E-state index in [0.717, 1.165) is 22.3 Å². The van der Waals surface area contributed by atoms with E-state index < -0.39 is 0 Å². The monoisotopic (exact) mass is 411 g/mol. The summed E-state index contributed by atoms with van der Waals surface area (Å²) in [5.74, 6) is 0.580. The van der Waals surface area contributed by atoms with Crippen molar-refractivity contribution in [1.29, 1.82) is 0 Å². The molecule has 154 valence electrons. The predicted octanol–water partition coefficient (Wildman–Crippen LogP) is 5.78. The number of para-hydroxylation sites is 1. The van der Waals surface area contributed by atoms with Gasteiger partial charge in [0.25, 0.3) is 11.6 Å². The molecule has 0 aliphatic carbocycles. The maximum atomic E-state index is 13.6. The molecule has 0 fully saturated rings. The molecule has 5 aromatic rings. The van der Waals surface area contributed by atoms with Gasteiger partial charge in [0, 0.05) is 18.0 Å². The van der Waals surface area contributed by atoms with Crippen LogP contribution >= 0.6 is 0 Å². The van der Waals surface area contributed by atoms with E-state index in [1.54, 1.807) is 11.9 Å². The van der Waals surface area contributed by atoms with Crippen molar-refractivity contribution < 1.29 is 13.7 Å². The van der Waals surface area contributed by atoms with Crippen molar-refractivity contribution >= 4 is 28.0 Å². The highest BCUT2D eigenvalue weighted by Gasteiger charge is 2.26. The number of hydrogen-bond donors (Lipinski definition) is 0. The van der Waals surface area contributed by atoms with Crippen LogP contribution < -0.4 is 0 Å². The fraction of sp³-hybridized carbons (Fsp3) is 0.160. The summed E-state index contributed by atoms with van der Waals surface area (Å²) in [6.07, 6.45) is 0. The van der Waals surface area contributed by atoms with Crippen LogP contribution in [0.3, 0.4) is 0 Å². The molecular weight excluding hydrogens is 390 g/mol. The second kappa shape index (κ2) is 7.40. The lowest BCUT2D eigenvalue weighted by molar-refractivity contribution is 0.0729. The number of nitrogens with zero attached hydrogens (tertiary/aromatic N) is 3. The number of rotatable bonds is 4. The first kappa shape index (κ1) is 19.1. The summed E-state index contributed by atoms with van der Waals surface area (Å²) in [7, 11) is 1.78. The predicted molar refractivity (Wildman–Crippen MR) is 119 cm³/mol. The lowest BCUT2D eigenvalue weighted by Gasteiger charge is -2.24. The van der Waals surface area contributed by atoms with Gasteiger partial charge in [-0.1, -0.05) is 53.7 Å². The Balaban J connectivity index is 1.57. The minimum Gasteiger partial charge on any atom is -0.459 e. The van der Waals surface area contributed by atoms with Gasteiger partial charge in [-0.15, -0.1) is 0 Å². The molecule has 1 atom stereocenters. The molecule has 5 rings (SSSR count). The molecule has 3 aromatic heterocycles. The van der Waals surface area contributed by atoms with Crippen LogP contribution in [0.15, 0.2) is 75.7 Å². The number of benzene rings is 2. The summed E-state index contributed by atoms with van der Waals surface area (Å²) >= 11 is 0. The van der Waals surface area contributed by atoms with Crippen molar-refractivity contribution in [3.8, 4) is 11.3 Å². The molecule has 6 heteroatoms. The molecule has 0 aliphatic rings. The molecular formula is C25H21N3O3. The average Bonchev–Trinajstić information content (AvgIpc) is 3.41. The smallest absolute Gasteiger partial charge is 0.259 e. The first-order valence-corrected chi connectivity index (χ1v) is 10.1. The van der Waals surface area contributed by atoms with E-state index >= 15 is 0 Å². The minimum absolute atomic E-state index is 0.149. The van der Waals surface area contributed by atoms with E-state index in [-0.39, 0.29) is 11.9 Å². The van der Waals surface area contributed by atoms with E-state index in [1.807, 2.05) is 80.6 Å². The zero-order valence-electron chi connectivity index (χ0n) is 17.5. The average molecular weight is 411 g/mol. The highest BCUT2D eigenvalue weighted by Crippen LogP contribution is 2.31. The van der Waals surface area contributed by atoms with Crippen LogP contribution in [0.2, 0.25) is 0 Å². The van der Waals surface area contributed by atoms with Gasteiger partial charge in [-0.25, -0.2) is 4.98 Å². The Bertz CT molecular complexity index is 1370. The van der Waals surface area contributed by atoms with Crippen molar-refractivity contribution in [2.45, 2.75) is 19.9 Å². The van der Waals surface area contributed by atoms with Crippen LogP contribution in [0, 0.1) is 6.92 Å². The Morgan fingerprint density at radius 1 is 1.03 bits per heavy atom. The number of furan rings is 1. The number of carbonyl (C=O) groups is 1. The molecule has 0 spiro atoms. The van der Waals surface area contributed by atoms with Gasteiger partial charge in [-0.2, -0.15) is 0 Å². The lowest BCUT2D eigenvalue weighted by atomic mass is 10.0. The summed E-state index contributed by atoms with van der Waals surface area (Å²) in [5.41, 5.74) is 3.87. The summed E-state index contributed by atoms with van der Waals surface area (Å²) in [6, 6.07) is 21.1. The minimum atomic E-state index is -0.261. The zero-order chi connectivity index (χ0) is 21.5. The van der Waals surface area contributed by atoms with E-state index in [4.69, 9.17) is 8.94 Å². The van der Waals surface area contributed by atoms with Crippen LogP contribution in [0.25, 0.3) is 33.3 Å². The van der Waals surface area contributed by atoms with Crippen LogP contribution in [0.5, 0.6) is 0 Å². The Morgan fingerprint density at radius 2 is 1.77 bits per heavy atom. The fourth-order valence-electron chi connectivity index (χ4n) is 3.79. The molecule has 0 saturated heterocycles. The summed E-state index contributed by atoms with van der Waals surface area (Å²) in [6.45, 7) is 3.77. The van der Waals surface area contributed by atoms with Crippen molar-refractivity contribution in [2.24, 2.45) is 0 Å². The molecule has 0 saturated carbocycles. The van der Waals surface area contributed by atoms with Gasteiger partial charge in [0.05, 0.1) is 28.4 Å². The van der Waals surface area contributed by atoms with Gasteiger partial charge in [0.1, 0.15) is 11.3 Å². The van der Waals surface area contributed by atoms with Crippen LogP contribution in [-0.4, -0.2) is 28.0 Å². The Kier molecular flexibility index (Phi) is 4.55. The number of pyridine rings is 1. The largest absolute Gasteiger partial charge is 0.459 e. The summed E-state index contributed by atoms with van der Waals surface area (Å²) in [5, 5.41) is 5.68. The number of carbonyl (C=O) groups excluding carboxylic acids is 1. The number of aryl methyl sites for hydroxylation is 1. The quantitative estimate of drug-likeness (QED) is 0.375. The molecule has 3 heterocycles. The summed E-state index contributed by atoms with van der Waals surface area (Å²) < 4.78 is 11.4. The third-order valence-corrected chi connectivity index (χ3v) is 5.67. The molecule has 6 nitrogen and oxygen atoms in total. The van der Waals surface area contributed by atoms with Gasteiger partial charge in [-0.05, 0) is 32.0 Å². The maximum absolute atomic E-state index is 13.6. The Labute approximate surface area is 179 Å². The van der Waals surface area contributed by atoms with Crippen molar-refractivity contribution in [3.63, 3.8) is 0 Å². The summed E-state index contributed by atoms with van der Waals surface area (Å²) in [4.78, 5) is 19.9. The standard InChI is InChI=1S/C25H21N3O3/c1-15-23-19(14-20(26-24(23)31-27-15)17-9-5-4-6-10-17)25(29)28(3)16(2)22-13-18-11-7-8-12-21(18)30-22/h4-14,16H,1-3H3/t16-/m1/s1. The molecule has 0 bridgehead atoms. The molecule has 0 N–H and O–H groups in total. The SMILES string of the molecule is Cc1noc2nc(-c3ccccc3)cc(C(=O)N(C)[C@H](C)c3cc4ccccc4o3)c12. The first-order valence-electron chi connectivity index (χ1n) is 10.1. The van der Waals surface area contributed by atoms with E-state index in [9.17, 15) is 4.79 Å². The number of fused-ring (bicyclic) bond motifs is 2. The van der Waals surface area contributed by atoms with Gasteiger partial charge >= 0.3 is 0 Å². The van der Waals surface area contributed by atoms with E-state index in [1.165, 1.54) is 0 Å². The molecule has 2 aromatic carbocycles. The second-order valence-electron chi connectivity index (χ2n) is 7.65. The fourth-order valence-corrected chi connectivity index (χ4v) is 3.79. The van der Waals surface area contributed by atoms with Crippen molar-refractivity contribution in [2.75, 3.05) is 7.05 Å². The highest BCUT2D eigenvalue weighted by molar-refractivity contribution is 6.07. The molecule has 0 aliphatic heterocycles. The molecule has 0 radical (unpaired) electrons. The highest BCUT2D eigenvalue weighted by atomic mass is 16.5. The van der Waals surface area contributed by atoms with Gasteiger partial charge in [0.15, 0.2) is 0 Å².